The van der Waals surface area contributed by atoms with E-state index >= 15 is 0 Å². The van der Waals surface area contributed by atoms with Crippen LogP contribution in [0.2, 0.25) is 0 Å². The Hall–Kier alpha value is -1.14. The van der Waals surface area contributed by atoms with Crippen molar-refractivity contribution >= 4 is 37.7 Å². The first kappa shape index (κ1) is 15.3. The van der Waals surface area contributed by atoms with Crippen molar-refractivity contribution in [3.8, 4) is 5.75 Å². The lowest BCUT2D eigenvalue weighted by Crippen LogP contribution is -2.08. The van der Waals surface area contributed by atoms with Crippen LogP contribution in [0.3, 0.4) is 0 Å². The molecule has 0 aliphatic heterocycles. The number of aromatic nitrogens is 1. The number of nitrogen functional groups attached to an aromatic ring is 1. The molecule has 0 saturated carbocycles. The van der Waals surface area contributed by atoms with Crippen molar-refractivity contribution in [2.75, 3.05) is 5.73 Å². The average molecular weight is 404 g/mol. The van der Waals surface area contributed by atoms with Crippen LogP contribution in [0.4, 0.5) is 10.2 Å². The number of nitrogens with two attached hydrogens (primary N) is 1. The fourth-order valence-corrected chi connectivity index (χ4v) is 2.67. The second-order valence-electron chi connectivity index (χ2n) is 4.27. The van der Waals surface area contributed by atoms with Gasteiger partial charge in [0.05, 0.1) is 0 Å². The molecule has 0 aliphatic rings. The van der Waals surface area contributed by atoms with Crippen molar-refractivity contribution in [2.24, 2.45) is 0 Å². The van der Waals surface area contributed by atoms with Gasteiger partial charge in [-0.15, -0.1) is 0 Å². The fraction of sp³-hybridized carbons (Fsp3) is 0.214. The summed E-state index contributed by atoms with van der Waals surface area (Å²) in [4.78, 5) is 4.01. The lowest BCUT2D eigenvalue weighted by atomic mass is 10.0. The van der Waals surface area contributed by atoms with E-state index in [0.717, 1.165) is 15.6 Å². The molecule has 0 aliphatic carbocycles. The summed E-state index contributed by atoms with van der Waals surface area (Å²) in [5.41, 5.74) is 7.53. The van der Waals surface area contributed by atoms with Crippen molar-refractivity contribution in [2.45, 2.75) is 18.4 Å². The maximum absolute atomic E-state index is 13.4. The standard InChI is InChI=1S/C14H13Br2FN2O/c1-8(12-5-11(17)3-2-9(12)6-15)20-13-4-10(16)7-19-14(13)18/h2-5,7-8H,6H2,1H3,(H2,18,19)/t8-/m1/s1. The Morgan fingerprint density at radius 3 is 2.85 bits per heavy atom. The highest BCUT2D eigenvalue weighted by atomic mass is 79.9. The van der Waals surface area contributed by atoms with E-state index < -0.39 is 0 Å². The van der Waals surface area contributed by atoms with Crippen LogP contribution in [-0.4, -0.2) is 4.98 Å². The minimum Gasteiger partial charge on any atom is -0.482 e. The number of nitrogens with zero attached hydrogens (tertiary/aromatic N) is 1. The monoisotopic (exact) mass is 402 g/mol. The predicted octanol–water partition coefficient (Wildman–Crippen LogP) is 4.60. The number of ether oxygens (including phenoxy) is 1. The highest BCUT2D eigenvalue weighted by molar-refractivity contribution is 9.10. The summed E-state index contributed by atoms with van der Waals surface area (Å²) in [6.07, 6.45) is 1.26. The molecule has 1 aromatic heterocycles. The fourth-order valence-electron chi connectivity index (χ4n) is 1.85. The number of hydrogen-bond acceptors (Lipinski definition) is 3. The first-order valence-electron chi connectivity index (χ1n) is 5.93. The molecule has 0 bridgehead atoms. The van der Waals surface area contributed by atoms with E-state index in [1.54, 1.807) is 18.3 Å². The minimum atomic E-state index is -0.336. The Kier molecular flexibility index (Phi) is 4.99. The van der Waals surface area contributed by atoms with Crippen molar-refractivity contribution in [3.63, 3.8) is 0 Å². The van der Waals surface area contributed by atoms with Crippen LogP contribution in [0.5, 0.6) is 5.75 Å². The maximum atomic E-state index is 13.4. The Morgan fingerprint density at radius 1 is 1.40 bits per heavy atom. The number of pyridine rings is 1. The number of rotatable bonds is 4. The zero-order valence-electron chi connectivity index (χ0n) is 10.7. The topological polar surface area (TPSA) is 48.1 Å². The number of alkyl halides is 1. The quantitative estimate of drug-likeness (QED) is 0.758. The van der Waals surface area contributed by atoms with Gasteiger partial charge in [-0.2, -0.15) is 0 Å². The molecule has 1 aromatic carbocycles. The van der Waals surface area contributed by atoms with Gasteiger partial charge in [-0.25, -0.2) is 9.37 Å². The number of benzene rings is 1. The lowest BCUT2D eigenvalue weighted by molar-refractivity contribution is 0.226. The van der Waals surface area contributed by atoms with Gasteiger partial charge in [-0.05, 0) is 52.2 Å². The van der Waals surface area contributed by atoms with Crippen LogP contribution in [0, 0.1) is 5.82 Å². The third-order valence-electron chi connectivity index (χ3n) is 2.84. The predicted molar refractivity (Wildman–Crippen MR) is 84.4 cm³/mol. The Morgan fingerprint density at radius 2 is 2.15 bits per heavy atom. The van der Waals surface area contributed by atoms with Crippen molar-refractivity contribution in [3.05, 3.63) is 51.9 Å². The van der Waals surface area contributed by atoms with Gasteiger partial charge in [0.1, 0.15) is 11.9 Å². The molecule has 20 heavy (non-hydrogen) atoms. The Balaban J connectivity index is 2.30. The number of anilines is 1. The molecule has 1 heterocycles. The molecule has 2 rings (SSSR count). The van der Waals surface area contributed by atoms with E-state index in [1.807, 2.05) is 6.92 Å². The summed E-state index contributed by atoms with van der Waals surface area (Å²) >= 11 is 6.71. The highest BCUT2D eigenvalue weighted by Gasteiger charge is 2.15. The van der Waals surface area contributed by atoms with Gasteiger partial charge < -0.3 is 10.5 Å². The van der Waals surface area contributed by atoms with Crippen molar-refractivity contribution in [1.82, 2.24) is 4.98 Å². The van der Waals surface area contributed by atoms with E-state index in [9.17, 15) is 4.39 Å². The third-order valence-corrected chi connectivity index (χ3v) is 3.88. The minimum absolute atomic E-state index is 0.291. The molecule has 0 spiro atoms. The van der Waals surface area contributed by atoms with E-state index in [4.69, 9.17) is 10.5 Å². The van der Waals surface area contributed by atoms with Crippen molar-refractivity contribution < 1.29 is 9.13 Å². The number of halogens is 3. The van der Waals surface area contributed by atoms with Gasteiger partial charge in [0, 0.05) is 16.0 Å². The normalized spacial score (nSPS) is 12.2. The van der Waals surface area contributed by atoms with Gasteiger partial charge in [0.25, 0.3) is 0 Å². The van der Waals surface area contributed by atoms with Gasteiger partial charge in [-0.1, -0.05) is 22.0 Å². The van der Waals surface area contributed by atoms with Gasteiger partial charge >= 0.3 is 0 Å². The van der Waals surface area contributed by atoms with Crippen LogP contribution >= 0.6 is 31.9 Å². The molecular weight excluding hydrogens is 391 g/mol. The van der Waals surface area contributed by atoms with E-state index in [1.165, 1.54) is 12.1 Å². The first-order valence-corrected chi connectivity index (χ1v) is 7.84. The molecule has 0 radical (unpaired) electrons. The van der Waals surface area contributed by atoms with Crippen molar-refractivity contribution in [1.29, 1.82) is 0 Å². The molecule has 0 fully saturated rings. The van der Waals surface area contributed by atoms with Crippen LogP contribution in [0.25, 0.3) is 0 Å². The van der Waals surface area contributed by atoms with Gasteiger partial charge in [-0.3, -0.25) is 0 Å². The SMILES string of the molecule is C[C@@H](Oc1cc(Br)cnc1N)c1cc(F)ccc1CBr. The molecular formula is C14H13Br2FN2O. The summed E-state index contributed by atoms with van der Waals surface area (Å²) in [5.74, 6) is 0.481. The molecule has 2 N–H and O–H groups in total. The second-order valence-corrected chi connectivity index (χ2v) is 5.75. The zero-order valence-corrected chi connectivity index (χ0v) is 13.9. The van der Waals surface area contributed by atoms with E-state index in [-0.39, 0.29) is 11.9 Å². The summed E-state index contributed by atoms with van der Waals surface area (Å²) in [6, 6.07) is 6.39. The molecule has 0 saturated heterocycles. The molecule has 0 unspecified atom stereocenters. The lowest BCUT2D eigenvalue weighted by Gasteiger charge is -2.18. The smallest absolute Gasteiger partial charge is 0.166 e. The second kappa shape index (κ2) is 6.54. The molecule has 6 heteroatoms. The first-order chi connectivity index (χ1) is 9.51. The summed E-state index contributed by atoms with van der Waals surface area (Å²) in [6.45, 7) is 1.85. The van der Waals surface area contributed by atoms with E-state index in [0.29, 0.717) is 16.9 Å². The van der Waals surface area contributed by atoms with E-state index in [2.05, 4.69) is 36.8 Å². The Labute approximate surface area is 133 Å². The molecule has 0 amide bonds. The highest BCUT2D eigenvalue weighted by Crippen LogP contribution is 2.30. The largest absolute Gasteiger partial charge is 0.482 e. The molecule has 3 nitrogen and oxygen atoms in total. The number of hydrogen-bond donors (Lipinski definition) is 1. The van der Waals surface area contributed by atoms with Crippen LogP contribution < -0.4 is 10.5 Å². The molecule has 106 valence electrons. The molecule has 1 atom stereocenters. The summed E-state index contributed by atoms with van der Waals surface area (Å²) < 4.78 is 20.0. The Bertz CT molecular complexity index is 622. The van der Waals surface area contributed by atoms with Gasteiger partial charge in [0.2, 0.25) is 0 Å². The third kappa shape index (κ3) is 3.49. The van der Waals surface area contributed by atoms with Crippen LogP contribution in [-0.2, 0) is 5.33 Å². The van der Waals surface area contributed by atoms with Crippen LogP contribution in [0.1, 0.15) is 24.2 Å². The molecule has 2 aromatic rings. The summed E-state index contributed by atoms with van der Waals surface area (Å²) in [7, 11) is 0. The summed E-state index contributed by atoms with van der Waals surface area (Å²) in [5, 5.41) is 0.628. The van der Waals surface area contributed by atoms with Gasteiger partial charge in [0.15, 0.2) is 11.6 Å². The maximum Gasteiger partial charge on any atom is 0.166 e. The van der Waals surface area contributed by atoms with Crippen LogP contribution in [0.15, 0.2) is 34.9 Å². The zero-order chi connectivity index (χ0) is 14.7. The average Bonchev–Trinajstić information content (AvgIpc) is 2.42.